The molecular weight excluding hydrogens is 404 g/mol. The zero-order valence-corrected chi connectivity index (χ0v) is 18.8. The minimum Gasteiger partial charge on any atom is -0.450 e. The number of allylic oxidation sites excluding steroid dienone is 6. The molecule has 0 aliphatic carbocycles. The Bertz CT molecular complexity index is 691. The van der Waals surface area contributed by atoms with Crippen molar-refractivity contribution in [3.63, 3.8) is 0 Å². The fourth-order valence-corrected chi connectivity index (χ4v) is 2.92. The van der Waals surface area contributed by atoms with Crippen LogP contribution < -0.4 is 0 Å². The van der Waals surface area contributed by atoms with Crippen molar-refractivity contribution in [2.24, 2.45) is 0 Å². The van der Waals surface area contributed by atoms with E-state index in [1.807, 2.05) is 0 Å². The van der Waals surface area contributed by atoms with Crippen molar-refractivity contribution in [3.05, 3.63) is 47.1 Å². The lowest BCUT2D eigenvalue weighted by Crippen LogP contribution is -2.31. The SMILES string of the molecule is C=C(CCC=C(C)CCC=C(C)CCC=C(C)C)C1O[C@H](OC(=O)O)[C@@H](OC(=O)O)O1. The van der Waals surface area contributed by atoms with Gasteiger partial charge in [-0.3, -0.25) is 0 Å². The summed E-state index contributed by atoms with van der Waals surface area (Å²) in [5, 5.41) is 17.5. The molecule has 31 heavy (non-hydrogen) atoms. The quantitative estimate of drug-likeness (QED) is 0.275. The molecule has 0 saturated carbocycles. The van der Waals surface area contributed by atoms with Crippen molar-refractivity contribution in [1.29, 1.82) is 0 Å². The minimum atomic E-state index is -1.63. The molecular formula is C23H34O8. The van der Waals surface area contributed by atoms with E-state index in [0.29, 0.717) is 18.4 Å². The van der Waals surface area contributed by atoms with Gasteiger partial charge in [0.1, 0.15) is 0 Å². The Kier molecular flexibility index (Phi) is 11.7. The minimum absolute atomic E-state index is 0.527. The van der Waals surface area contributed by atoms with Crippen molar-refractivity contribution in [2.75, 3.05) is 0 Å². The Morgan fingerprint density at radius 3 is 1.65 bits per heavy atom. The normalized spacial score (nSPS) is 19.7. The largest absolute Gasteiger partial charge is 0.508 e. The van der Waals surface area contributed by atoms with Gasteiger partial charge in [0.2, 0.25) is 0 Å². The second-order valence-corrected chi connectivity index (χ2v) is 7.77. The number of hydrogen-bond acceptors (Lipinski definition) is 6. The van der Waals surface area contributed by atoms with Gasteiger partial charge >= 0.3 is 12.3 Å². The van der Waals surface area contributed by atoms with Crippen LogP contribution in [0.4, 0.5) is 9.59 Å². The Morgan fingerprint density at radius 2 is 1.23 bits per heavy atom. The molecule has 1 saturated heterocycles. The number of carboxylic acid groups (broad SMARTS) is 2. The Hall–Kier alpha value is -2.58. The number of ether oxygens (including phenoxy) is 4. The summed E-state index contributed by atoms with van der Waals surface area (Å²) in [5.41, 5.74) is 4.53. The average molecular weight is 439 g/mol. The lowest BCUT2D eigenvalue weighted by Gasteiger charge is -2.13. The fourth-order valence-electron chi connectivity index (χ4n) is 2.92. The van der Waals surface area contributed by atoms with E-state index in [9.17, 15) is 9.59 Å². The zero-order valence-electron chi connectivity index (χ0n) is 18.8. The second-order valence-electron chi connectivity index (χ2n) is 7.77. The fraction of sp³-hybridized carbons (Fsp3) is 0.565. The summed E-state index contributed by atoms with van der Waals surface area (Å²) in [4.78, 5) is 21.4. The van der Waals surface area contributed by atoms with Gasteiger partial charge in [0, 0.05) is 0 Å². The summed E-state index contributed by atoms with van der Waals surface area (Å²) in [6.45, 7) is 12.3. The Balaban J connectivity index is 2.42. The van der Waals surface area contributed by atoms with E-state index in [0.717, 1.165) is 25.7 Å². The maximum Gasteiger partial charge on any atom is 0.508 e. The first-order valence-corrected chi connectivity index (χ1v) is 10.3. The van der Waals surface area contributed by atoms with E-state index >= 15 is 0 Å². The molecule has 0 amide bonds. The molecule has 0 bridgehead atoms. The highest BCUT2D eigenvalue weighted by atomic mass is 16.9. The molecule has 8 heteroatoms. The number of carbonyl (C=O) groups is 2. The predicted molar refractivity (Wildman–Crippen MR) is 116 cm³/mol. The second kappa shape index (κ2) is 13.7. The summed E-state index contributed by atoms with van der Waals surface area (Å²) in [7, 11) is 0. The van der Waals surface area contributed by atoms with Crippen molar-refractivity contribution >= 4 is 12.3 Å². The van der Waals surface area contributed by atoms with E-state index in [1.54, 1.807) is 0 Å². The Morgan fingerprint density at radius 1 is 0.806 bits per heavy atom. The number of rotatable bonds is 12. The van der Waals surface area contributed by atoms with Crippen LogP contribution in [0.5, 0.6) is 0 Å². The van der Waals surface area contributed by atoms with Gasteiger partial charge in [-0.05, 0) is 71.8 Å². The molecule has 174 valence electrons. The first-order chi connectivity index (χ1) is 14.6. The summed E-state index contributed by atoms with van der Waals surface area (Å²) in [5.74, 6) is 0. The summed E-state index contributed by atoms with van der Waals surface area (Å²) in [6, 6.07) is 0. The molecule has 0 spiro atoms. The van der Waals surface area contributed by atoms with Crippen LogP contribution in [-0.2, 0) is 18.9 Å². The zero-order chi connectivity index (χ0) is 23.4. The highest BCUT2D eigenvalue weighted by Crippen LogP contribution is 2.28. The average Bonchev–Trinajstić information content (AvgIpc) is 3.02. The third-order valence-electron chi connectivity index (χ3n) is 4.59. The molecule has 1 heterocycles. The molecule has 2 N–H and O–H groups in total. The van der Waals surface area contributed by atoms with Crippen LogP contribution in [0.25, 0.3) is 0 Å². The lowest BCUT2D eigenvalue weighted by molar-refractivity contribution is -0.153. The van der Waals surface area contributed by atoms with Crippen LogP contribution in [0.3, 0.4) is 0 Å². The first kappa shape index (κ1) is 26.5. The maximum atomic E-state index is 10.7. The highest BCUT2D eigenvalue weighted by Gasteiger charge is 2.42. The third-order valence-corrected chi connectivity index (χ3v) is 4.59. The third kappa shape index (κ3) is 11.4. The van der Waals surface area contributed by atoms with Gasteiger partial charge in [-0.1, -0.05) is 41.5 Å². The molecule has 0 unspecified atom stereocenters. The maximum absolute atomic E-state index is 10.7. The standard InChI is InChI=1S/C23H34O8/c1-15(2)9-6-10-16(3)11-7-12-17(4)13-8-14-18(5)19-28-20(30-22(24)25)21(29-19)31-23(26)27/h9,11,13,19-21H,5-8,10,12,14H2,1-4H3,(H,24,25)(H,26,27)/t20-,21-/m1/s1. The predicted octanol–water partition coefficient (Wildman–Crippen LogP) is 6.16. The van der Waals surface area contributed by atoms with Gasteiger partial charge in [0.25, 0.3) is 12.6 Å². The molecule has 1 aliphatic rings. The van der Waals surface area contributed by atoms with E-state index in [4.69, 9.17) is 19.7 Å². The number of hydrogen-bond donors (Lipinski definition) is 2. The van der Waals surface area contributed by atoms with Gasteiger partial charge in [0.05, 0.1) is 0 Å². The van der Waals surface area contributed by atoms with Gasteiger partial charge in [-0.15, -0.1) is 0 Å². The monoisotopic (exact) mass is 438 g/mol. The Labute approximate surface area is 183 Å². The van der Waals surface area contributed by atoms with Crippen LogP contribution in [0.2, 0.25) is 0 Å². The lowest BCUT2D eigenvalue weighted by atomic mass is 10.0. The molecule has 1 rings (SSSR count). The van der Waals surface area contributed by atoms with Crippen LogP contribution in [0.1, 0.15) is 66.2 Å². The smallest absolute Gasteiger partial charge is 0.450 e. The van der Waals surface area contributed by atoms with Crippen molar-refractivity contribution < 1.29 is 38.7 Å². The van der Waals surface area contributed by atoms with Gasteiger partial charge in [-0.2, -0.15) is 0 Å². The molecule has 0 aromatic rings. The van der Waals surface area contributed by atoms with Gasteiger partial charge < -0.3 is 29.2 Å². The van der Waals surface area contributed by atoms with Gasteiger partial charge in [-0.25, -0.2) is 9.59 Å². The summed E-state index contributed by atoms with van der Waals surface area (Å²) < 4.78 is 19.5. The molecule has 0 aromatic carbocycles. The van der Waals surface area contributed by atoms with Crippen LogP contribution >= 0.6 is 0 Å². The highest BCUT2D eigenvalue weighted by molar-refractivity contribution is 5.58. The van der Waals surface area contributed by atoms with Crippen molar-refractivity contribution in [3.8, 4) is 0 Å². The molecule has 0 radical (unpaired) electrons. The molecule has 2 atom stereocenters. The van der Waals surface area contributed by atoms with Crippen LogP contribution in [0, 0.1) is 0 Å². The molecule has 1 fully saturated rings. The molecule has 0 aromatic heterocycles. The molecule has 8 nitrogen and oxygen atoms in total. The van der Waals surface area contributed by atoms with Crippen molar-refractivity contribution in [1.82, 2.24) is 0 Å². The molecule has 1 aliphatic heterocycles. The topological polar surface area (TPSA) is 112 Å². The van der Waals surface area contributed by atoms with E-state index in [2.05, 4.69) is 62.0 Å². The van der Waals surface area contributed by atoms with Crippen LogP contribution in [0.15, 0.2) is 47.1 Å². The van der Waals surface area contributed by atoms with E-state index in [1.165, 1.54) is 16.7 Å². The summed E-state index contributed by atoms with van der Waals surface area (Å²) in [6.07, 6.45) is 4.71. The van der Waals surface area contributed by atoms with E-state index < -0.39 is 31.2 Å². The van der Waals surface area contributed by atoms with E-state index in [-0.39, 0.29) is 0 Å². The van der Waals surface area contributed by atoms with Crippen LogP contribution in [-0.4, -0.2) is 41.4 Å². The van der Waals surface area contributed by atoms with Crippen molar-refractivity contribution in [2.45, 2.75) is 85.1 Å². The van der Waals surface area contributed by atoms with Gasteiger partial charge in [0.15, 0.2) is 6.29 Å². The summed E-state index contributed by atoms with van der Waals surface area (Å²) >= 11 is 0. The first-order valence-electron chi connectivity index (χ1n) is 10.3.